The molecule has 3 rings (SSSR count). The molecule has 6 heteroatoms. The summed E-state index contributed by atoms with van der Waals surface area (Å²) in [4.78, 5) is 28.9. The molecule has 24 heavy (non-hydrogen) atoms. The third-order valence-corrected chi connectivity index (χ3v) is 5.54. The maximum absolute atomic E-state index is 12.6. The summed E-state index contributed by atoms with van der Waals surface area (Å²) in [6.07, 6.45) is 5.58. The first-order valence-electron chi connectivity index (χ1n) is 8.59. The first kappa shape index (κ1) is 17.6. The van der Waals surface area contributed by atoms with Crippen molar-refractivity contribution in [1.82, 2.24) is 9.80 Å². The summed E-state index contributed by atoms with van der Waals surface area (Å²) < 4.78 is 0. The first-order chi connectivity index (χ1) is 11.6. The van der Waals surface area contributed by atoms with Gasteiger partial charge in [-0.2, -0.15) is 0 Å². The Morgan fingerprint density at radius 2 is 1.54 bits per heavy atom. The number of rotatable bonds is 2. The van der Waals surface area contributed by atoms with Crippen LogP contribution in [0.3, 0.4) is 0 Å². The Bertz CT molecular complexity index is 621. The minimum absolute atomic E-state index is 0.0959. The minimum atomic E-state index is -0.0959. The Morgan fingerprint density at radius 1 is 0.917 bits per heavy atom. The van der Waals surface area contributed by atoms with Gasteiger partial charge >= 0.3 is 0 Å². The molecule has 0 radical (unpaired) electrons. The molecule has 1 saturated carbocycles. The van der Waals surface area contributed by atoms with E-state index in [4.69, 9.17) is 23.2 Å². The van der Waals surface area contributed by atoms with Crippen LogP contribution in [-0.4, -0.2) is 47.8 Å². The molecule has 0 spiro atoms. The molecule has 1 aromatic carbocycles. The highest BCUT2D eigenvalue weighted by atomic mass is 35.5. The lowest BCUT2D eigenvalue weighted by Gasteiger charge is -2.37. The minimum Gasteiger partial charge on any atom is -0.339 e. The second-order valence-electron chi connectivity index (χ2n) is 6.58. The van der Waals surface area contributed by atoms with Crippen LogP contribution >= 0.6 is 23.2 Å². The number of carbonyl (C=O) groups excluding carboxylic acids is 2. The molecule has 2 aliphatic rings. The molecule has 2 amide bonds. The van der Waals surface area contributed by atoms with Crippen molar-refractivity contribution in [2.24, 2.45) is 5.92 Å². The van der Waals surface area contributed by atoms with E-state index >= 15 is 0 Å². The van der Waals surface area contributed by atoms with E-state index in [1.165, 1.54) is 6.42 Å². The number of amides is 2. The monoisotopic (exact) mass is 368 g/mol. The number of piperazine rings is 1. The predicted molar refractivity (Wildman–Crippen MR) is 95.5 cm³/mol. The standard InChI is InChI=1S/C18H22Cl2N2O2/c19-14-6-7-15(16(20)12-14)18(24)22-10-8-21(9-11-22)17(23)13-4-2-1-3-5-13/h6-7,12-13H,1-5,8-11H2. The fraction of sp³-hybridized carbons (Fsp3) is 0.556. The van der Waals surface area contributed by atoms with Crippen LogP contribution in [0.1, 0.15) is 42.5 Å². The second-order valence-corrected chi connectivity index (χ2v) is 7.42. The molecule has 1 saturated heterocycles. The molecule has 4 nitrogen and oxygen atoms in total. The van der Waals surface area contributed by atoms with Gasteiger partial charge in [0.15, 0.2) is 0 Å². The molecule has 1 aromatic rings. The fourth-order valence-electron chi connectivity index (χ4n) is 3.57. The number of nitrogens with zero attached hydrogens (tertiary/aromatic N) is 2. The van der Waals surface area contributed by atoms with Crippen LogP contribution in [0.4, 0.5) is 0 Å². The molecule has 0 atom stereocenters. The topological polar surface area (TPSA) is 40.6 Å². The largest absolute Gasteiger partial charge is 0.339 e. The van der Waals surface area contributed by atoms with E-state index in [1.807, 2.05) is 4.90 Å². The number of carbonyl (C=O) groups is 2. The van der Waals surface area contributed by atoms with E-state index in [-0.39, 0.29) is 17.7 Å². The number of hydrogen-bond donors (Lipinski definition) is 0. The average Bonchev–Trinajstić information content (AvgIpc) is 2.61. The molecular weight excluding hydrogens is 347 g/mol. The van der Waals surface area contributed by atoms with Gasteiger partial charge in [0.05, 0.1) is 10.6 Å². The van der Waals surface area contributed by atoms with E-state index in [9.17, 15) is 9.59 Å². The Morgan fingerprint density at radius 3 is 2.17 bits per heavy atom. The fourth-order valence-corrected chi connectivity index (χ4v) is 4.06. The van der Waals surface area contributed by atoms with Crippen LogP contribution in [-0.2, 0) is 4.79 Å². The van der Waals surface area contributed by atoms with Gasteiger partial charge in [-0.1, -0.05) is 42.5 Å². The highest BCUT2D eigenvalue weighted by molar-refractivity contribution is 6.36. The summed E-state index contributed by atoms with van der Waals surface area (Å²) in [5, 5.41) is 0.882. The van der Waals surface area contributed by atoms with Gasteiger partial charge in [0.25, 0.3) is 5.91 Å². The second kappa shape index (κ2) is 7.75. The van der Waals surface area contributed by atoms with Crippen molar-refractivity contribution in [2.75, 3.05) is 26.2 Å². The summed E-state index contributed by atoms with van der Waals surface area (Å²) in [6, 6.07) is 4.91. The van der Waals surface area contributed by atoms with Gasteiger partial charge in [-0.25, -0.2) is 0 Å². The highest BCUT2D eigenvalue weighted by Crippen LogP contribution is 2.26. The number of hydrogen-bond acceptors (Lipinski definition) is 2. The zero-order chi connectivity index (χ0) is 17.1. The summed E-state index contributed by atoms with van der Waals surface area (Å²) >= 11 is 12.0. The van der Waals surface area contributed by atoms with Gasteiger partial charge in [-0.3, -0.25) is 9.59 Å². The van der Waals surface area contributed by atoms with Crippen molar-refractivity contribution in [3.05, 3.63) is 33.8 Å². The maximum atomic E-state index is 12.6. The van der Waals surface area contributed by atoms with Gasteiger partial charge in [0.1, 0.15) is 0 Å². The third kappa shape index (κ3) is 3.86. The lowest BCUT2D eigenvalue weighted by atomic mass is 9.88. The van der Waals surface area contributed by atoms with Gasteiger partial charge < -0.3 is 9.80 Å². The van der Waals surface area contributed by atoms with Crippen LogP contribution in [0.25, 0.3) is 0 Å². The zero-order valence-electron chi connectivity index (χ0n) is 13.6. The maximum Gasteiger partial charge on any atom is 0.255 e. The van der Waals surface area contributed by atoms with Crippen molar-refractivity contribution in [2.45, 2.75) is 32.1 Å². The Labute approximate surface area is 152 Å². The van der Waals surface area contributed by atoms with E-state index < -0.39 is 0 Å². The van der Waals surface area contributed by atoms with Crippen molar-refractivity contribution >= 4 is 35.0 Å². The van der Waals surface area contributed by atoms with Crippen LogP contribution in [0, 0.1) is 5.92 Å². The van der Waals surface area contributed by atoms with Crippen molar-refractivity contribution in [1.29, 1.82) is 0 Å². The van der Waals surface area contributed by atoms with Crippen LogP contribution in [0.2, 0.25) is 10.0 Å². The van der Waals surface area contributed by atoms with Crippen LogP contribution in [0.5, 0.6) is 0 Å². The Kier molecular flexibility index (Phi) is 5.67. The van der Waals surface area contributed by atoms with Crippen LogP contribution in [0.15, 0.2) is 18.2 Å². The van der Waals surface area contributed by atoms with Crippen molar-refractivity contribution in [3.63, 3.8) is 0 Å². The molecule has 0 N–H and O–H groups in total. The molecule has 0 aromatic heterocycles. The molecule has 0 unspecified atom stereocenters. The normalized spacial score (nSPS) is 19.4. The zero-order valence-corrected chi connectivity index (χ0v) is 15.2. The molecule has 2 fully saturated rings. The quantitative estimate of drug-likeness (QED) is 0.794. The van der Waals surface area contributed by atoms with E-state index in [0.29, 0.717) is 41.8 Å². The summed E-state index contributed by atoms with van der Waals surface area (Å²) in [5.74, 6) is 0.361. The molecule has 130 valence electrons. The predicted octanol–water partition coefficient (Wildman–Crippen LogP) is 3.86. The number of halogens is 2. The number of benzene rings is 1. The smallest absolute Gasteiger partial charge is 0.255 e. The van der Waals surface area contributed by atoms with Crippen molar-refractivity contribution in [3.8, 4) is 0 Å². The van der Waals surface area contributed by atoms with Gasteiger partial charge in [0, 0.05) is 37.1 Å². The van der Waals surface area contributed by atoms with Crippen LogP contribution < -0.4 is 0 Å². The summed E-state index contributed by atoms with van der Waals surface area (Å²) in [5.41, 5.74) is 0.466. The van der Waals surface area contributed by atoms with Crippen molar-refractivity contribution < 1.29 is 9.59 Å². The van der Waals surface area contributed by atoms with E-state index in [2.05, 4.69) is 0 Å². The van der Waals surface area contributed by atoms with Gasteiger partial charge in [0.2, 0.25) is 5.91 Å². The third-order valence-electron chi connectivity index (χ3n) is 4.99. The molecule has 1 aliphatic carbocycles. The highest BCUT2D eigenvalue weighted by Gasteiger charge is 2.30. The SMILES string of the molecule is O=C(c1ccc(Cl)cc1Cl)N1CCN(C(=O)C2CCCCC2)CC1. The Hall–Kier alpha value is -1.26. The Balaban J connectivity index is 1.58. The van der Waals surface area contributed by atoms with E-state index in [1.54, 1.807) is 23.1 Å². The molecule has 1 heterocycles. The first-order valence-corrected chi connectivity index (χ1v) is 9.35. The van der Waals surface area contributed by atoms with Gasteiger partial charge in [-0.15, -0.1) is 0 Å². The average molecular weight is 369 g/mol. The summed E-state index contributed by atoms with van der Waals surface area (Å²) in [7, 11) is 0. The lowest BCUT2D eigenvalue weighted by Crippen LogP contribution is -2.52. The van der Waals surface area contributed by atoms with Gasteiger partial charge in [-0.05, 0) is 31.0 Å². The molecule has 0 bridgehead atoms. The molecular formula is C18H22Cl2N2O2. The summed E-state index contributed by atoms with van der Waals surface area (Å²) in [6.45, 7) is 2.31. The lowest BCUT2D eigenvalue weighted by molar-refractivity contribution is -0.138. The van der Waals surface area contributed by atoms with E-state index in [0.717, 1.165) is 25.7 Å². The molecule has 1 aliphatic heterocycles.